The van der Waals surface area contributed by atoms with Gasteiger partial charge in [0, 0.05) is 54.4 Å². The number of aryl methyl sites for hydroxylation is 1. The van der Waals surface area contributed by atoms with E-state index in [1.54, 1.807) is 30.0 Å². The molecule has 1 fully saturated rings. The van der Waals surface area contributed by atoms with Gasteiger partial charge in [-0.25, -0.2) is 0 Å². The normalized spacial score (nSPS) is 15.9. The second-order valence-corrected chi connectivity index (χ2v) is 9.10. The molecule has 0 unspecified atom stereocenters. The SMILES string of the molecule is COc1cccc(-n2cc(C(=O)N3CCN(c4cccc(C)c4)[C@H](C)C3)c3ccccc3c2=O)c1. The van der Waals surface area contributed by atoms with Gasteiger partial charge in [-0.2, -0.15) is 0 Å². The zero-order valence-corrected chi connectivity index (χ0v) is 20.3. The van der Waals surface area contributed by atoms with E-state index < -0.39 is 0 Å². The van der Waals surface area contributed by atoms with Gasteiger partial charge in [-0.15, -0.1) is 0 Å². The zero-order chi connectivity index (χ0) is 24.5. The van der Waals surface area contributed by atoms with Crippen molar-refractivity contribution in [3.05, 3.63) is 100 Å². The van der Waals surface area contributed by atoms with Gasteiger partial charge in [-0.1, -0.05) is 36.4 Å². The highest BCUT2D eigenvalue weighted by molar-refractivity contribution is 6.06. The molecule has 35 heavy (non-hydrogen) atoms. The number of nitrogens with zero attached hydrogens (tertiary/aromatic N) is 3. The Morgan fingerprint density at radius 3 is 2.40 bits per heavy atom. The van der Waals surface area contributed by atoms with Crippen LogP contribution in [0.3, 0.4) is 0 Å². The summed E-state index contributed by atoms with van der Waals surface area (Å²) < 4.78 is 6.89. The van der Waals surface area contributed by atoms with Gasteiger partial charge >= 0.3 is 0 Å². The Morgan fingerprint density at radius 1 is 0.914 bits per heavy atom. The first kappa shape index (κ1) is 22.7. The highest BCUT2D eigenvalue weighted by Gasteiger charge is 2.29. The van der Waals surface area contributed by atoms with E-state index in [0.29, 0.717) is 40.9 Å². The monoisotopic (exact) mass is 467 g/mol. The summed E-state index contributed by atoms with van der Waals surface area (Å²) in [5, 5.41) is 1.20. The number of rotatable bonds is 4. The largest absolute Gasteiger partial charge is 0.497 e. The minimum atomic E-state index is -0.164. The first-order valence-electron chi connectivity index (χ1n) is 11.9. The molecule has 5 rings (SSSR count). The van der Waals surface area contributed by atoms with Gasteiger partial charge < -0.3 is 14.5 Å². The first-order valence-corrected chi connectivity index (χ1v) is 11.9. The minimum absolute atomic E-state index is 0.0615. The summed E-state index contributed by atoms with van der Waals surface area (Å²) in [4.78, 5) is 31.4. The van der Waals surface area contributed by atoms with Crippen LogP contribution in [-0.2, 0) is 0 Å². The lowest BCUT2D eigenvalue weighted by molar-refractivity contribution is 0.0727. The van der Waals surface area contributed by atoms with Gasteiger partial charge in [0.15, 0.2) is 0 Å². The number of amides is 1. The maximum atomic E-state index is 13.8. The van der Waals surface area contributed by atoms with E-state index in [-0.39, 0.29) is 17.5 Å². The van der Waals surface area contributed by atoms with Crippen molar-refractivity contribution < 1.29 is 9.53 Å². The first-order chi connectivity index (χ1) is 17.0. The molecular formula is C29H29N3O3. The predicted molar refractivity (Wildman–Crippen MR) is 140 cm³/mol. The minimum Gasteiger partial charge on any atom is -0.497 e. The van der Waals surface area contributed by atoms with Crippen LogP contribution in [0.1, 0.15) is 22.8 Å². The molecule has 6 nitrogen and oxygen atoms in total. The van der Waals surface area contributed by atoms with Gasteiger partial charge in [0.05, 0.1) is 18.4 Å². The molecule has 1 saturated heterocycles. The molecule has 2 heterocycles. The average Bonchev–Trinajstić information content (AvgIpc) is 2.88. The highest BCUT2D eigenvalue weighted by Crippen LogP contribution is 2.25. The summed E-state index contributed by atoms with van der Waals surface area (Å²) >= 11 is 0. The number of aromatic nitrogens is 1. The molecule has 178 valence electrons. The van der Waals surface area contributed by atoms with E-state index in [1.165, 1.54) is 11.3 Å². The van der Waals surface area contributed by atoms with E-state index in [4.69, 9.17) is 4.74 Å². The molecule has 0 aliphatic carbocycles. The number of ether oxygens (including phenoxy) is 1. The second-order valence-electron chi connectivity index (χ2n) is 9.10. The van der Waals surface area contributed by atoms with Crippen LogP contribution in [-0.4, -0.2) is 48.2 Å². The smallest absolute Gasteiger partial charge is 0.262 e. The van der Waals surface area contributed by atoms with Gasteiger partial charge in [0.1, 0.15) is 5.75 Å². The van der Waals surface area contributed by atoms with Crippen molar-refractivity contribution >= 4 is 22.4 Å². The molecule has 1 aliphatic heterocycles. The van der Waals surface area contributed by atoms with Gasteiger partial charge in [-0.3, -0.25) is 14.2 Å². The Kier molecular flexibility index (Phi) is 6.03. The summed E-state index contributed by atoms with van der Waals surface area (Å²) in [5.41, 5.74) is 3.43. The van der Waals surface area contributed by atoms with Crippen LogP contribution < -0.4 is 15.2 Å². The van der Waals surface area contributed by atoms with E-state index in [1.807, 2.05) is 41.3 Å². The fourth-order valence-electron chi connectivity index (χ4n) is 4.92. The number of carbonyl (C=O) groups excluding carboxylic acids is 1. The van der Waals surface area contributed by atoms with Crippen LogP contribution >= 0.6 is 0 Å². The molecule has 4 aromatic rings. The third kappa shape index (κ3) is 4.28. The lowest BCUT2D eigenvalue weighted by atomic mass is 10.0. The molecule has 0 saturated carbocycles. The molecule has 1 atom stereocenters. The highest BCUT2D eigenvalue weighted by atomic mass is 16.5. The lowest BCUT2D eigenvalue weighted by Crippen LogP contribution is -2.54. The van der Waals surface area contributed by atoms with Crippen LogP contribution in [0, 0.1) is 6.92 Å². The average molecular weight is 468 g/mol. The third-order valence-corrected chi connectivity index (χ3v) is 6.73. The Morgan fingerprint density at radius 2 is 1.66 bits per heavy atom. The number of hydrogen-bond acceptors (Lipinski definition) is 4. The molecule has 6 heteroatoms. The van der Waals surface area contributed by atoms with Crippen LogP contribution in [0.25, 0.3) is 16.5 Å². The number of benzene rings is 3. The Hall–Kier alpha value is -4.06. The maximum Gasteiger partial charge on any atom is 0.262 e. The fraction of sp³-hybridized carbons (Fsp3) is 0.241. The van der Waals surface area contributed by atoms with Crippen molar-refractivity contribution in [1.82, 2.24) is 9.47 Å². The van der Waals surface area contributed by atoms with Crippen molar-refractivity contribution in [3.63, 3.8) is 0 Å². The number of carbonyl (C=O) groups is 1. The van der Waals surface area contributed by atoms with E-state index >= 15 is 0 Å². The fourth-order valence-corrected chi connectivity index (χ4v) is 4.92. The molecular weight excluding hydrogens is 438 g/mol. The Labute approximate surface area is 205 Å². The number of hydrogen-bond donors (Lipinski definition) is 0. The van der Waals surface area contributed by atoms with Crippen LogP contribution in [0.2, 0.25) is 0 Å². The molecule has 0 radical (unpaired) electrons. The lowest BCUT2D eigenvalue weighted by Gasteiger charge is -2.41. The van der Waals surface area contributed by atoms with Gasteiger partial charge in [0.25, 0.3) is 11.5 Å². The second kappa shape index (κ2) is 9.29. The zero-order valence-electron chi connectivity index (χ0n) is 20.3. The van der Waals surface area contributed by atoms with E-state index in [2.05, 4.69) is 43.0 Å². The maximum absolute atomic E-state index is 13.8. The van der Waals surface area contributed by atoms with Gasteiger partial charge in [0.2, 0.25) is 0 Å². The number of methoxy groups -OCH3 is 1. The molecule has 1 amide bonds. The quantitative estimate of drug-likeness (QED) is 0.438. The standard InChI is InChI=1S/C29H29N3O3/c1-20-8-6-9-22(16-20)31-15-14-30(18-21(31)2)28(33)27-19-32(23-10-7-11-24(17-23)35-3)29(34)26-13-5-4-12-25(26)27/h4-13,16-17,19,21H,14-15,18H2,1-3H3/t21-/m1/s1. The summed E-state index contributed by atoms with van der Waals surface area (Å²) in [7, 11) is 1.59. The third-order valence-electron chi connectivity index (χ3n) is 6.73. The Balaban J connectivity index is 1.51. The van der Waals surface area contributed by atoms with Crippen molar-refractivity contribution in [1.29, 1.82) is 0 Å². The van der Waals surface area contributed by atoms with Crippen LogP contribution in [0.5, 0.6) is 5.75 Å². The van der Waals surface area contributed by atoms with Crippen LogP contribution in [0.15, 0.2) is 83.8 Å². The van der Waals surface area contributed by atoms with Crippen molar-refractivity contribution in [3.8, 4) is 11.4 Å². The van der Waals surface area contributed by atoms with Crippen LogP contribution in [0.4, 0.5) is 5.69 Å². The predicted octanol–water partition coefficient (Wildman–Crippen LogP) is 4.66. The van der Waals surface area contributed by atoms with Crippen molar-refractivity contribution in [2.45, 2.75) is 19.9 Å². The number of fused-ring (bicyclic) bond motifs is 1. The molecule has 1 aliphatic rings. The Bertz CT molecular complexity index is 1460. The summed E-state index contributed by atoms with van der Waals surface area (Å²) in [6.07, 6.45) is 1.68. The summed E-state index contributed by atoms with van der Waals surface area (Å²) in [5.74, 6) is 0.588. The molecule has 3 aromatic carbocycles. The topological polar surface area (TPSA) is 54.8 Å². The van der Waals surface area contributed by atoms with Gasteiger partial charge in [-0.05, 0) is 49.7 Å². The molecule has 0 spiro atoms. The van der Waals surface area contributed by atoms with E-state index in [0.717, 1.165) is 6.54 Å². The number of anilines is 1. The van der Waals surface area contributed by atoms with Crippen molar-refractivity contribution in [2.75, 3.05) is 31.6 Å². The summed E-state index contributed by atoms with van der Waals surface area (Å²) in [6, 6.07) is 23.3. The van der Waals surface area contributed by atoms with Crippen molar-refractivity contribution in [2.24, 2.45) is 0 Å². The summed E-state index contributed by atoms with van der Waals surface area (Å²) in [6.45, 7) is 6.22. The molecule has 0 bridgehead atoms. The molecule has 0 N–H and O–H groups in total. The van der Waals surface area contributed by atoms with E-state index in [9.17, 15) is 9.59 Å². The number of piperazine rings is 1. The molecule has 1 aromatic heterocycles. The number of pyridine rings is 1.